The molecule has 152 valence electrons. The molecule has 0 spiro atoms. The number of carbonyl (C=O) groups excluding carboxylic acids is 1. The Morgan fingerprint density at radius 3 is 2.62 bits per heavy atom. The summed E-state index contributed by atoms with van der Waals surface area (Å²) in [6.07, 6.45) is -3.87. The topological polar surface area (TPSA) is 77.2 Å². The van der Waals surface area contributed by atoms with Crippen molar-refractivity contribution in [1.82, 2.24) is 10.1 Å². The second kappa shape index (κ2) is 8.76. The number of rotatable bonds is 7. The first-order valence-electron chi connectivity index (χ1n) is 8.80. The molecule has 0 aliphatic heterocycles. The molecular formula is C20H18F3N3O3. The Kier molecular flexibility index (Phi) is 6.16. The first-order valence-corrected chi connectivity index (χ1v) is 8.80. The van der Waals surface area contributed by atoms with Crippen molar-refractivity contribution in [3.05, 3.63) is 60.0 Å². The molecule has 0 aliphatic rings. The van der Waals surface area contributed by atoms with E-state index in [1.54, 1.807) is 12.1 Å². The molecule has 3 rings (SSSR count). The molecule has 0 unspecified atom stereocenters. The number of methoxy groups -OCH3 is 1. The molecular weight excluding hydrogens is 387 g/mol. The van der Waals surface area contributed by atoms with Crippen LogP contribution in [0.5, 0.6) is 5.75 Å². The van der Waals surface area contributed by atoms with Crippen molar-refractivity contribution >= 4 is 11.6 Å². The standard InChI is InChI=1S/C20H18F3N3O3/c1-28-16-10-5-2-7-13(16)19-25-18(29-26-19)12-6-11-17(27)24-15-9-4-3-8-14(15)20(21,22)23/h2-5,7-10H,6,11-12H2,1H3,(H,24,27). The first-order chi connectivity index (χ1) is 13.9. The van der Waals surface area contributed by atoms with E-state index in [9.17, 15) is 18.0 Å². The van der Waals surface area contributed by atoms with E-state index in [0.29, 0.717) is 35.9 Å². The molecule has 1 heterocycles. The maximum Gasteiger partial charge on any atom is 0.418 e. The largest absolute Gasteiger partial charge is 0.496 e. The van der Waals surface area contributed by atoms with Gasteiger partial charge in [-0.05, 0) is 30.7 Å². The zero-order valence-electron chi connectivity index (χ0n) is 15.5. The van der Waals surface area contributed by atoms with Crippen LogP contribution in [0.3, 0.4) is 0 Å². The Bertz CT molecular complexity index is 986. The van der Waals surface area contributed by atoms with Crippen LogP contribution in [0.2, 0.25) is 0 Å². The van der Waals surface area contributed by atoms with Crippen LogP contribution in [-0.2, 0) is 17.4 Å². The van der Waals surface area contributed by atoms with Gasteiger partial charge < -0.3 is 14.6 Å². The number of para-hydroxylation sites is 2. The molecule has 0 fully saturated rings. The summed E-state index contributed by atoms with van der Waals surface area (Å²) in [6.45, 7) is 0. The molecule has 0 atom stereocenters. The molecule has 6 nitrogen and oxygen atoms in total. The van der Waals surface area contributed by atoms with Crippen molar-refractivity contribution in [3.8, 4) is 17.1 Å². The van der Waals surface area contributed by atoms with Gasteiger partial charge in [0, 0.05) is 12.8 Å². The molecule has 3 aromatic rings. The number of aromatic nitrogens is 2. The van der Waals surface area contributed by atoms with Gasteiger partial charge >= 0.3 is 6.18 Å². The number of anilines is 1. The second-order valence-corrected chi connectivity index (χ2v) is 6.16. The maximum absolute atomic E-state index is 13.0. The fourth-order valence-corrected chi connectivity index (χ4v) is 2.75. The highest BCUT2D eigenvalue weighted by Gasteiger charge is 2.33. The van der Waals surface area contributed by atoms with Crippen LogP contribution in [0.15, 0.2) is 53.1 Å². The Hall–Kier alpha value is -3.36. The highest BCUT2D eigenvalue weighted by atomic mass is 19.4. The number of halogens is 3. The van der Waals surface area contributed by atoms with Crippen molar-refractivity contribution in [2.45, 2.75) is 25.4 Å². The van der Waals surface area contributed by atoms with Gasteiger partial charge in [0.15, 0.2) is 0 Å². The van der Waals surface area contributed by atoms with Crippen LogP contribution < -0.4 is 10.1 Å². The number of ether oxygens (including phenoxy) is 1. The smallest absolute Gasteiger partial charge is 0.418 e. The number of carbonyl (C=O) groups is 1. The minimum Gasteiger partial charge on any atom is -0.496 e. The van der Waals surface area contributed by atoms with E-state index in [1.165, 1.54) is 25.3 Å². The summed E-state index contributed by atoms with van der Waals surface area (Å²) >= 11 is 0. The van der Waals surface area contributed by atoms with Crippen molar-refractivity contribution < 1.29 is 27.2 Å². The third kappa shape index (κ3) is 5.13. The van der Waals surface area contributed by atoms with Crippen molar-refractivity contribution in [2.75, 3.05) is 12.4 Å². The molecule has 0 saturated heterocycles. The van der Waals surface area contributed by atoms with E-state index in [4.69, 9.17) is 9.26 Å². The van der Waals surface area contributed by atoms with Gasteiger partial charge in [0.05, 0.1) is 23.9 Å². The lowest BCUT2D eigenvalue weighted by Crippen LogP contribution is -2.16. The summed E-state index contributed by atoms with van der Waals surface area (Å²) in [5.41, 5.74) is -0.473. The van der Waals surface area contributed by atoms with Gasteiger partial charge in [0.2, 0.25) is 17.6 Å². The number of aryl methyl sites for hydroxylation is 1. The lowest BCUT2D eigenvalue weighted by Gasteiger charge is -2.13. The lowest BCUT2D eigenvalue weighted by molar-refractivity contribution is -0.137. The first kappa shape index (κ1) is 20.4. The van der Waals surface area contributed by atoms with Gasteiger partial charge in [-0.2, -0.15) is 18.2 Å². The number of hydrogen-bond acceptors (Lipinski definition) is 5. The molecule has 0 saturated carbocycles. The zero-order valence-corrected chi connectivity index (χ0v) is 15.5. The SMILES string of the molecule is COc1ccccc1-c1noc(CCCC(=O)Nc2ccccc2C(F)(F)F)n1. The number of benzene rings is 2. The monoisotopic (exact) mass is 405 g/mol. The Balaban J connectivity index is 1.56. The van der Waals surface area contributed by atoms with Crippen LogP contribution in [-0.4, -0.2) is 23.2 Å². The fourth-order valence-electron chi connectivity index (χ4n) is 2.75. The number of hydrogen-bond donors (Lipinski definition) is 1. The van der Waals surface area contributed by atoms with Crippen LogP contribution in [0, 0.1) is 0 Å². The van der Waals surface area contributed by atoms with Gasteiger partial charge in [0.1, 0.15) is 5.75 Å². The average Bonchev–Trinajstić information content (AvgIpc) is 3.16. The molecule has 1 aromatic heterocycles. The molecule has 29 heavy (non-hydrogen) atoms. The highest BCUT2D eigenvalue weighted by Crippen LogP contribution is 2.34. The summed E-state index contributed by atoms with van der Waals surface area (Å²) in [7, 11) is 1.54. The lowest BCUT2D eigenvalue weighted by atomic mass is 10.1. The van der Waals surface area contributed by atoms with Gasteiger partial charge in [-0.3, -0.25) is 4.79 Å². The molecule has 1 amide bonds. The van der Waals surface area contributed by atoms with E-state index in [1.807, 2.05) is 12.1 Å². The minimum absolute atomic E-state index is 0.0125. The van der Waals surface area contributed by atoms with Crippen LogP contribution in [0.25, 0.3) is 11.4 Å². The molecule has 1 N–H and O–H groups in total. The summed E-state index contributed by atoms with van der Waals surface area (Å²) in [4.78, 5) is 16.3. The maximum atomic E-state index is 13.0. The zero-order chi connectivity index (χ0) is 20.9. The van der Waals surface area contributed by atoms with Gasteiger partial charge in [-0.25, -0.2) is 0 Å². The summed E-state index contributed by atoms with van der Waals surface area (Å²) in [6, 6.07) is 12.0. The average molecular weight is 405 g/mol. The Morgan fingerprint density at radius 2 is 1.86 bits per heavy atom. The second-order valence-electron chi connectivity index (χ2n) is 6.16. The van der Waals surface area contributed by atoms with Crippen molar-refractivity contribution in [3.63, 3.8) is 0 Å². The number of amides is 1. The Morgan fingerprint density at radius 1 is 1.14 bits per heavy atom. The number of nitrogens with one attached hydrogen (secondary N) is 1. The van der Waals surface area contributed by atoms with Crippen LogP contribution >= 0.6 is 0 Å². The molecule has 0 radical (unpaired) electrons. The van der Waals surface area contributed by atoms with Gasteiger partial charge in [-0.1, -0.05) is 29.4 Å². The predicted molar refractivity (Wildman–Crippen MR) is 99.3 cm³/mol. The molecule has 0 bridgehead atoms. The summed E-state index contributed by atoms with van der Waals surface area (Å²) < 4.78 is 49.4. The van der Waals surface area contributed by atoms with Gasteiger partial charge in [0.25, 0.3) is 0 Å². The van der Waals surface area contributed by atoms with Crippen molar-refractivity contribution in [1.29, 1.82) is 0 Å². The minimum atomic E-state index is -4.54. The van der Waals surface area contributed by atoms with E-state index < -0.39 is 17.6 Å². The number of nitrogens with zero attached hydrogens (tertiary/aromatic N) is 2. The van der Waals surface area contributed by atoms with Gasteiger partial charge in [-0.15, -0.1) is 0 Å². The summed E-state index contributed by atoms with van der Waals surface area (Å²) in [5.74, 6) is 0.768. The van der Waals surface area contributed by atoms with E-state index in [2.05, 4.69) is 15.5 Å². The van der Waals surface area contributed by atoms with Crippen molar-refractivity contribution in [2.24, 2.45) is 0 Å². The van der Waals surface area contributed by atoms with Crippen LogP contribution in [0.4, 0.5) is 18.9 Å². The highest BCUT2D eigenvalue weighted by molar-refractivity contribution is 5.91. The molecule has 9 heteroatoms. The molecule has 2 aromatic carbocycles. The predicted octanol–water partition coefficient (Wildman–Crippen LogP) is 4.73. The van der Waals surface area contributed by atoms with E-state index in [0.717, 1.165) is 6.07 Å². The summed E-state index contributed by atoms with van der Waals surface area (Å²) in [5, 5.41) is 6.21. The third-order valence-corrected chi connectivity index (χ3v) is 4.12. The number of alkyl halides is 3. The fraction of sp³-hybridized carbons (Fsp3) is 0.250. The normalized spacial score (nSPS) is 11.3. The third-order valence-electron chi connectivity index (χ3n) is 4.12. The quantitative estimate of drug-likeness (QED) is 0.615. The Labute approximate surface area is 164 Å². The van der Waals surface area contributed by atoms with E-state index in [-0.39, 0.29) is 12.1 Å². The van der Waals surface area contributed by atoms with E-state index >= 15 is 0 Å². The molecule has 0 aliphatic carbocycles. The van der Waals surface area contributed by atoms with Crippen LogP contribution in [0.1, 0.15) is 24.3 Å².